The van der Waals surface area contributed by atoms with E-state index in [-0.39, 0.29) is 0 Å². The van der Waals surface area contributed by atoms with Crippen LogP contribution in [0.3, 0.4) is 0 Å². The van der Waals surface area contributed by atoms with Crippen molar-refractivity contribution < 1.29 is 14.6 Å². The Hall–Kier alpha value is -0.610. The van der Waals surface area contributed by atoms with Crippen LogP contribution in [-0.4, -0.2) is 36.4 Å². The van der Waals surface area contributed by atoms with Crippen LogP contribution in [0.5, 0.6) is 0 Å². The summed E-state index contributed by atoms with van der Waals surface area (Å²) in [5, 5.41) is 12.2. The van der Waals surface area contributed by atoms with Crippen LogP contribution in [0.2, 0.25) is 0 Å². The molecule has 0 aromatic heterocycles. The molecule has 0 radical (unpaired) electrons. The first-order valence-corrected chi connectivity index (χ1v) is 6.68. The van der Waals surface area contributed by atoms with Crippen LogP contribution in [0.1, 0.15) is 51.9 Å². The first-order valence-electron chi connectivity index (χ1n) is 6.68. The number of carboxylic acid groups (broad SMARTS) is 1. The Labute approximate surface area is 104 Å². The molecule has 0 spiro atoms. The molecule has 1 aliphatic rings. The van der Waals surface area contributed by atoms with E-state index in [9.17, 15) is 9.90 Å². The van der Waals surface area contributed by atoms with Crippen molar-refractivity contribution in [1.29, 1.82) is 0 Å². The second-order valence-electron chi connectivity index (χ2n) is 4.87. The summed E-state index contributed by atoms with van der Waals surface area (Å²) in [6.45, 7) is 2.59. The van der Waals surface area contributed by atoms with Crippen molar-refractivity contribution in [2.45, 2.75) is 63.5 Å². The molecule has 1 atom stereocenters. The maximum Gasteiger partial charge on any atom is 0.323 e. The van der Waals surface area contributed by atoms with Crippen LogP contribution < -0.4 is 5.32 Å². The molecule has 1 rings (SSSR count). The van der Waals surface area contributed by atoms with Crippen LogP contribution in [0, 0.1) is 0 Å². The minimum absolute atomic E-state index is 0.422. The largest absolute Gasteiger partial charge is 0.480 e. The van der Waals surface area contributed by atoms with Gasteiger partial charge in [-0.05, 0) is 39.2 Å². The number of aliphatic carboxylic acids is 1. The van der Waals surface area contributed by atoms with E-state index < -0.39 is 11.5 Å². The van der Waals surface area contributed by atoms with Crippen molar-refractivity contribution in [2.75, 3.05) is 13.7 Å². The third-order valence-electron chi connectivity index (χ3n) is 3.90. The highest BCUT2D eigenvalue weighted by Gasteiger charge is 2.34. The van der Waals surface area contributed by atoms with Gasteiger partial charge in [0.2, 0.25) is 0 Å². The average molecular weight is 243 g/mol. The topological polar surface area (TPSA) is 58.6 Å². The van der Waals surface area contributed by atoms with Gasteiger partial charge in [0.1, 0.15) is 5.54 Å². The van der Waals surface area contributed by atoms with E-state index in [2.05, 4.69) is 5.32 Å². The minimum atomic E-state index is -0.779. The van der Waals surface area contributed by atoms with Crippen LogP contribution in [-0.2, 0) is 9.53 Å². The second-order valence-corrected chi connectivity index (χ2v) is 4.87. The highest BCUT2D eigenvalue weighted by Crippen LogP contribution is 2.22. The zero-order chi connectivity index (χ0) is 12.7. The molecule has 0 saturated heterocycles. The number of carboxylic acids is 1. The predicted molar refractivity (Wildman–Crippen MR) is 67.2 cm³/mol. The highest BCUT2D eigenvalue weighted by atomic mass is 16.5. The minimum Gasteiger partial charge on any atom is -0.480 e. The van der Waals surface area contributed by atoms with Crippen molar-refractivity contribution in [1.82, 2.24) is 5.32 Å². The van der Waals surface area contributed by atoms with E-state index in [1.54, 1.807) is 7.05 Å². The monoisotopic (exact) mass is 243 g/mol. The summed E-state index contributed by atoms with van der Waals surface area (Å²) in [5.41, 5.74) is -0.779. The zero-order valence-electron chi connectivity index (χ0n) is 11.0. The van der Waals surface area contributed by atoms with E-state index in [0.29, 0.717) is 25.6 Å². The Morgan fingerprint density at radius 3 is 2.59 bits per heavy atom. The molecule has 1 unspecified atom stereocenters. The average Bonchev–Trinajstić information content (AvgIpc) is 2.82. The Morgan fingerprint density at radius 1 is 1.47 bits per heavy atom. The third-order valence-corrected chi connectivity index (χ3v) is 3.90. The first-order chi connectivity index (χ1) is 8.14. The third kappa shape index (κ3) is 3.96. The van der Waals surface area contributed by atoms with Gasteiger partial charge < -0.3 is 15.2 Å². The Bertz CT molecular complexity index is 233. The van der Waals surface area contributed by atoms with Gasteiger partial charge in [0.05, 0.1) is 6.10 Å². The normalized spacial score (nSPS) is 20.4. The second kappa shape index (κ2) is 6.97. The summed E-state index contributed by atoms with van der Waals surface area (Å²) in [5.74, 6) is -0.761. The Kier molecular flexibility index (Phi) is 5.92. The van der Waals surface area contributed by atoms with Gasteiger partial charge in [0.15, 0.2) is 0 Å². The van der Waals surface area contributed by atoms with Crippen molar-refractivity contribution in [3.05, 3.63) is 0 Å². The molecule has 0 amide bonds. The van der Waals surface area contributed by atoms with Crippen molar-refractivity contribution >= 4 is 5.97 Å². The van der Waals surface area contributed by atoms with Gasteiger partial charge >= 0.3 is 5.97 Å². The lowest BCUT2D eigenvalue weighted by Gasteiger charge is -2.27. The Balaban J connectivity index is 2.24. The molecule has 100 valence electrons. The number of hydrogen-bond donors (Lipinski definition) is 2. The molecular weight excluding hydrogens is 218 g/mol. The highest BCUT2D eigenvalue weighted by molar-refractivity contribution is 5.78. The van der Waals surface area contributed by atoms with Crippen LogP contribution in [0.15, 0.2) is 0 Å². The van der Waals surface area contributed by atoms with Gasteiger partial charge in [0.25, 0.3) is 0 Å². The molecule has 1 saturated carbocycles. The molecule has 0 aromatic carbocycles. The van der Waals surface area contributed by atoms with Gasteiger partial charge in [-0.2, -0.15) is 0 Å². The Morgan fingerprint density at radius 2 is 2.12 bits per heavy atom. The number of carbonyl (C=O) groups is 1. The molecule has 0 aromatic rings. The quantitative estimate of drug-likeness (QED) is 0.641. The predicted octanol–water partition coefficient (Wildman–Crippen LogP) is 2.18. The lowest BCUT2D eigenvalue weighted by atomic mass is 9.91. The van der Waals surface area contributed by atoms with Gasteiger partial charge in [-0.3, -0.25) is 4.79 Å². The molecule has 17 heavy (non-hydrogen) atoms. The number of hydrogen-bond acceptors (Lipinski definition) is 3. The van der Waals surface area contributed by atoms with E-state index >= 15 is 0 Å². The van der Waals surface area contributed by atoms with Crippen LogP contribution in [0.25, 0.3) is 0 Å². The van der Waals surface area contributed by atoms with Crippen molar-refractivity contribution in [3.63, 3.8) is 0 Å². The molecule has 1 aliphatic carbocycles. The van der Waals surface area contributed by atoms with E-state index in [1.165, 1.54) is 25.7 Å². The summed E-state index contributed by atoms with van der Waals surface area (Å²) in [7, 11) is 1.72. The summed E-state index contributed by atoms with van der Waals surface area (Å²) in [6.07, 6.45) is 7.34. The lowest BCUT2D eigenvalue weighted by molar-refractivity contribution is -0.145. The fraction of sp³-hybridized carbons (Fsp3) is 0.923. The SMILES string of the molecule is CCC(CCCOC1CCCC1)(NC)C(=O)O. The smallest absolute Gasteiger partial charge is 0.323 e. The van der Waals surface area contributed by atoms with E-state index in [4.69, 9.17) is 4.74 Å². The van der Waals surface area contributed by atoms with Gasteiger partial charge in [-0.15, -0.1) is 0 Å². The standard InChI is InChI=1S/C13H25NO3/c1-3-13(14-2,12(15)16)9-6-10-17-11-7-4-5-8-11/h11,14H,3-10H2,1-2H3,(H,15,16). The molecule has 0 heterocycles. The number of ether oxygens (including phenoxy) is 1. The van der Waals surface area contributed by atoms with E-state index in [1.807, 2.05) is 6.92 Å². The van der Waals surface area contributed by atoms with Gasteiger partial charge in [-0.1, -0.05) is 19.8 Å². The maximum atomic E-state index is 11.2. The summed E-state index contributed by atoms with van der Waals surface area (Å²) in [4.78, 5) is 11.2. The maximum absolute atomic E-state index is 11.2. The molecule has 0 aliphatic heterocycles. The summed E-state index contributed by atoms with van der Waals surface area (Å²) in [6, 6.07) is 0. The van der Waals surface area contributed by atoms with E-state index in [0.717, 1.165) is 6.42 Å². The van der Waals surface area contributed by atoms with Gasteiger partial charge in [-0.25, -0.2) is 0 Å². The fourth-order valence-electron chi connectivity index (χ4n) is 2.52. The van der Waals surface area contributed by atoms with Gasteiger partial charge in [0, 0.05) is 6.61 Å². The van der Waals surface area contributed by atoms with Crippen molar-refractivity contribution in [3.8, 4) is 0 Å². The summed E-state index contributed by atoms with van der Waals surface area (Å²) >= 11 is 0. The molecule has 4 heteroatoms. The fourth-order valence-corrected chi connectivity index (χ4v) is 2.52. The van der Waals surface area contributed by atoms with Crippen molar-refractivity contribution in [2.24, 2.45) is 0 Å². The number of nitrogens with one attached hydrogen (secondary N) is 1. The molecule has 0 bridgehead atoms. The molecule has 4 nitrogen and oxygen atoms in total. The molecular formula is C13H25NO3. The number of likely N-dealkylation sites (N-methyl/N-ethyl adjacent to an activating group) is 1. The lowest BCUT2D eigenvalue weighted by Crippen LogP contribution is -2.50. The molecule has 1 fully saturated rings. The zero-order valence-corrected chi connectivity index (χ0v) is 11.0. The molecule has 2 N–H and O–H groups in total. The van der Waals surface area contributed by atoms with Crippen LogP contribution >= 0.6 is 0 Å². The first kappa shape index (κ1) is 14.5. The van der Waals surface area contributed by atoms with Crippen LogP contribution in [0.4, 0.5) is 0 Å². The summed E-state index contributed by atoms with van der Waals surface area (Å²) < 4.78 is 5.75. The number of rotatable bonds is 8.